The number of hydrogen-bond acceptors (Lipinski definition) is 5. The fourth-order valence-electron chi connectivity index (χ4n) is 4.50. The van der Waals surface area contributed by atoms with Gasteiger partial charge >= 0.3 is 5.97 Å². The molecule has 3 heterocycles. The second-order valence-electron chi connectivity index (χ2n) is 8.67. The van der Waals surface area contributed by atoms with Crippen LogP contribution < -0.4 is 10.6 Å². The molecule has 7 nitrogen and oxygen atoms in total. The molecule has 0 amide bonds. The highest BCUT2D eigenvalue weighted by Crippen LogP contribution is 2.41. The van der Waals surface area contributed by atoms with Gasteiger partial charge in [0, 0.05) is 30.5 Å². The van der Waals surface area contributed by atoms with Gasteiger partial charge in [-0.3, -0.25) is 4.98 Å². The fraction of sp³-hybridized carbons (Fsp3) is 0.179. The predicted molar refractivity (Wildman–Crippen MR) is 148 cm³/mol. The van der Waals surface area contributed by atoms with Gasteiger partial charge in [0.25, 0.3) is 0 Å². The quantitative estimate of drug-likeness (QED) is 0.174. The van der Waals surface area contributed by atoms with Crippen LogP contribution in [0.1, 0.15) is 40.3 Å². The van der Waals surface area contributed by atoms with Crippen molar-refractivity contribution in [2.45, 2.75) is 18.5 Å². The first kappa shape index (κ1) is 24.8. The standard InChI is InChI=1S/C28H25ClN4O3S/c29-21-11-10-18(27(34)35)17-20(21)23-12-13-24(36-23)26-25(22-9-4-5-14-31-22)32-28(37)33(26)16-6-15-30-19-7-2-1-3-8-19/h1-5,7-14,17,25-26,30H,6,15-16H2,(H,32,37)(H,34,35)/t25-,26-/m1/s1. The molecule has 0 unspecified atom stereocenters. The lowest BCUT2D eigenvalue weighted by atomic mass is 10.0. The molecule has 1 aliphatic heterocycles. The van der Waals surface area contributed by atoms with Crippen LogP contribution >= 0.6 is 23.8 Å². The van der Waals surface area contributed by atoms with Crippen molar-refractivity contribution in [3.05, 3.63) is 107 Å². The van der Waals surface area contributed by atoms with Crippen LogP contribution in [0.25, 0.3) is 11.3 Å². The molecule has 1 saturated heterocycles. The number of thiocarbonyl (C=S) groups is 1. The smallest absolute Gasteiger partial charge is 0.335 e. The molecule has 0 saturated carbocycles. The van der Waals surface area contributed by atoms with Gasteiger partial charge in [0.05, 0.1) is 22.3 Å². The third-order valence-corrected chi connectivity index (χ3v) is 6.96. The number of nitrogens with zero attached hydrogens (tertiary/aromatic N) is 2. The van der Waals surface area contributed by atoms with Gasteiger partial charge in [-0.15, -0.1) is 0 Å². The number of nitrogens with one attached hydrogen (secondary N) is 2. The van der Waals surface area contributed by atoms with E-state index in [1.165, 1.54) is 12.1 Å². The predicted octanol–water partition coefficient (Wildman–Crippen LogP) is 6.17. The molecule has 2 aromatic carbocycles. The van der Waals surface area contributed by atoms with Gasteiger partial charge in [0.2, 0.25) is 0 Å². The van der Waals surface area contributed by atoms with Crippen molar-refractivity contribution < 1.29 is 14.3 Å². The summed E-state index contributed by atoms with van der Waals surface area (Å²) >= 11 is 12.1. The molecule has 1 aliphatic rings. The number of aromatic carboxylic acids is 1. The van der Waals surface area contributed by atoms with E-state index in [2.05, 4.69) is 20.5 Å². The van der Waals surface area contributed by atoms with Crippen LogP contribution in [0.5, 0.6) is 0 Å². The number of rotatable bonds is 9. The first-order chi connectivity index (χ1) is 18.0. The zero-order chi connectivity index (χ0) is 25.8. The summed E-state index contributed by atoms with van der Waals surface area (Å²) in [5.74, 6) is 0.151. The summed E-state index contributed by atoms with van der Waals surface area (Å²) in [4.78, 5) is 18.2. The molecule has 37 heavy (non-hydrogen) atoms. The Morgan fingerprint density at radius 1 is 1.11 bits per heavy atom. The van der Waals surface area contributed by atoms with E-state index in [1.54, 1.807) is 12.3 Å². The number of benzene rings is 2. The molecule has 1 fully saturated rings. The van der Waals surface area contributed by atoms with E-state index in [9.17, 15) is 9.90 Å². The third kappa shape index (κ3) is 5.45. The number of aromatic nitrogens is 1. The van der Waals surface area contributed by atoms with Gasteiger partial charge in [-0.1, -0.05) is 35.9 Å². The van der Waals surface area contributed by atoms with E-state index in [0.717, 1.165) is 24.3 Å². The normalized spacial score (nSPS) is 17.0. The first-order valence-electron chi connectivity index (χ1n) is 11.9. The highest BCUT2D eigenvalue weighted by atomic mass is 35.5. The lowest BCUT2D eigenvalue weighted by molar-refractivity contribution is 0.0697. The summed E-state index contributed by atoms with van der Waals surface area (Å²) in [6, 6.07) is 23.7. The molecule has 0 radical (unpaired) electrons. The molecular weight excluding hydrogens is 508 g/mol. The number of pyridine rings is 1. The average Bonchev–Trinajstić information content (AvgIpc) is 3.52. The maximum absolute atomic E-state index is 11.5. The lowest BCUT2D eigenvalue weighted by Gasteiger charge is -2.26. The van der Waals surface area contributed by atoms with E-state index in [0.29, 0.717) is 33.8 Å². The number of carboxylic acids is 1. The van der Waals surface area contributed by atoms with Crippen LogP contribution in [-0.2, 0) is 0 Å². The SMILES string of the molecule is O=C(O)c1ccc(Cl)c(-c2ccc([C@@H]3[C@@H](c4ccccn4)NC(=S)N3CCCNc3ccccc3)o2)c1. The lowest BCUT2D eigenvalue weighted by Crippen LogP contribution is -2.31. The zero-order valence-electron chi connectivity index (χ0n) is 19.8. The first-order valence-corrected chi connectivity index (χ1v) is 12.7. The van der Waals surface area contributed by atoms with E-state index in [1.807, 2.05) is 60.7 Å². The summed E-state index contributed by atoms with van der Waals surface area (Å²) in [6.45, 7) is 1.48. The summed E-state index contributed by atoms with van der Waals surface area (Å²) in [5.41, 5.74) is 2.58. The van der Waals surface area contributed by atoms with Crippen LogP contribution in [0.15, 0.2) is 89.5 Å². The Morgan fingerprint density at radius 3 is 2.68 bits per heavy atom. The maximum atomic E-state index is 11.5. The van der Waals surface area contributed by atoms with Crippen LogP contribution in [-0.4, -0.2) is 39.2 Å². The zero-order valence-corrected chi connectivity index (χ0v) is 21.4. The number of hydrogen-bond donors (Lipinski definition) is 3. The number of carboxylic acid groups (broad SMARTS) is 1. The summed E-state index contributed by atoms with van der Waals surface area (Å²) in [6.07, 6.45) is 2.61. The number of anilines is 1. The molecule has 0 spiro atoms. The Bertz CT molecular complexity index is 1400. The Morgan fingerprint density at radius 2 is 1.92 bits per heavy atom. The Hall–Kier alpha value is -3.88. The van der Waals surface area contributed by atoms with Crippen molar-refractivity contribution in [1.82, 2.24) is 15.2 Å². The summed E-state index contributed by atoms with van der Waals surface area (Å²) < 4.78 is 6.31. The van der Waals surface area contributed by atoms with Crippen molar-refractivity contribution in [2.75, 3.05) is 18.4 Å². The summed E-state index contributed by atoms with van der Waals surface area (Å²) in [5, 5.41) is 17.3. The number of furan rings is 1. The van der Waals surface area contributed by atoms with Gasteiger partial charge in [0.15, 0.2) is 5.11 Å². The molecule has 2 aromatic heterocycles. The molecule has 0 bridgehead atoms. The summed E-state index contributed by atoms with van der Waals surface area (Å²) in [7, 11) is 0. The molecule has 4 aromatic rings. The van der Waals surface area contributed by atoms with Crippen LogP contribution in [0.4, 0.5) is 5.69 Å². The molecule has 2 atom stereocenters. The number of carbonyl (C=O) groups is 1. The fourth-order valence-corrected chi connectivity index (χ4v) is 5.04. The minimum Gasteiger partial charge on any atom is -0.478 e. The van der Waals surface area contributed by atoms with Crippen molar-refractivity contribution in [3.8, 4) is 11.3 Å². The Labute approximate surface area is 225 Å². The molecule has 9 heteroatoms. The molecule has 5 rings (SSSR count). The molecular formula is C28H25ClN4O3S. The third-order valence-electron chi connectivity index (χ3n) is 6.27. The topological polar surface area (TPSA) is 90.6 Å². The second kappa shape index (κ2) is 11.0. The van der Waals surface area contributed by atoms with Gasteiger partial charge in [-0.2, -0.15) is 0 Å². The van der Waals surface area contributed by atoms with Crippen molar-refractivity contribution in [2.24, 2.45) is 0 Å². The monoisotopic (exact) mass is 532 g/mol. The van der Waals surface area contributed by atoms with E-state index in [-0.39, 0.29) is 17.6 Å². The Kier molecular flexibility index (Phi) is 7.39. The van der Waals surface area contributed by atoms with Crippen LogP contribution in [0.3, 0.4) is 0 Å². The van der Waals surface area contributed by atoms with Crippen molar-refractivity contribution in [3.63, 3.8) is 0 Å². The van der Waals surface area contributed by atoms with Crippen molar-refractivity contribution in [1.29, 1.82) is 0 Å². The number of para-hydroxylation sites is 1. The maximum Gasteiger partial charge on any atom is 0.335 e. The molecule has 188 valence electrons. The highest BCUT2D eigenvalue weighted by molar-refractivity contribution is 7.80. The van der Waals surface area contributed by atoms with Crippen LogP contribution in [0, 0.1) is 0 Å². The average molecular weight is 533 g/mol. The van der Waals surface area contributed by atoms with Gasteiger partial charge in [-0.25, -0.2) is 4.79 Å². The number of halogens is 1. The van der Waals surface area contributed by atoms with E-state index < -0.39 is 5.97 Å². The minimum absolute atomic E-state index is 0.139. The second-order valence-corrected chi connectivity index (χ2v) is 9.46. The van der Waals surface area contributed by atoms with Gasteiger partial charge in [-0.05, 0) is 73.2 Å². The van der Waals surface area contributed by atoms with Gasteiger partial charge < -0.3 is 25.1 Å². The van der Waals surface area contributed by atoms with E-state index in [4.69, 9.17) is 28.2 Å². The van der Waals surface area contributed by atoms with E-state index >= 15 is 0 Å². The highest BCUT2D eigenvalue weighted by Gasteiger charge is 2.41. The van der Waals surface area contributed by atoms with Gasteiger partial charge in [0.1, 0.15) is 17.6 Å². The van der Waals surface area contributed by atoms with Crippen molar-refractivity contribution >= 4 is 40.6 Å². The largest absolute Gasteiger partial charge is 0.478 e. The Balaban J connectivity index is 1.41. The van der Waals surface area contributed by atoms with Crippen LogP contribution in [0.2, 0.25) is 5.02 Å². The minimum atomic E-state index is -1.03. The molecule has 0 aliphatic carbocycles. The molecule has 3 N–H and O–H groups in total.